The summed E-state index contributed by atoms with van der Waals surface area (Å²) in [5.74, 6) is 1.04. The van der Waals surface area contributed by atoms with Crippen LogP contribution in [0, 0.1) is 0 Å². The lowest BCUT2D eigenvalue weighted by molar-refractivity contribution is 0.192. The highest BCUT2D eigenvalue weighted by Crippen LogP contribution is 2.17. The molecule has 0 spiro atoms. The number of aromatic nitrogens is 3. The average molecular weight is 208 g/mol. The molecule has 2 N–H and O–H groups in total. The Bertz CT molecular complexity index is 401. The van der Waals surface area contributed by atoms with Crippen molar-refractivity contribution >= 4 is 11.6 Å². The lowest BCUT2D eigenvalue weighted by Gasteiger charge is -2.04. The summed E-state index contributed by atoms with van der Waals surface area (Å²) >= 11 is 0. The molecular formula is C9H9FN4O. The summed E-state index contributed by atoms with van der Waals surface area (Å²) in [5.41, 5.74) is 0.818. The van der Waals surface area contributed by atoms with Gasteiger partial charge in [0.2, 0.25) is 12.8 Å². The maximum Gasteiger partial charge on any atom is 0.228 e. The van der Waals surface area contributed by atoms with E-state index in [1.807, 2.05) is 0 Å². The predicted octanol–water partition coefficient (Wildman–Crippen LogP) is 1.85. The van der Waals surface area contributed by atoms with Crippen molar-refractivity contribution in [3.63, 3.8) is 0 Å². The number of hydrogen-bond acceptors (Lipinski definition) is 4. The van der Waals surface area contributed by atoms with E-state index < -0.39 is 6.86 Å². The molecule has 1 aromatic heterocycles. The van der Waals surface area contributed by atoms with E-state index in [1.165, 1.54) is 6.33 Å². The van der Waals surface area contributed by atoms with Crippen molar-refractivity contribution in [1.82, 2.24) is 15.2 Å². The van der Waals surface area contributed by atoms with Crippen molar-refractivity contribution in [3.8, 4) is 5.75 Å². The summed E-state index contributed by atoms with van der Waals surface area (Å²) in [6.07, 6.45) is 1.41. The summed E-state index contributed by atoms with van der Waals surface area (Å²) in [4.78, 5) is 3.90. The maximum absolute atomic E-state index is 11.8. The van der Waals surface area contributed by atoms with Crippen LogP contribution < -0.4 is 10.1 Å². The van der Waals surface area contributed by atoms with Crippen LogP contribution >= 0.6 is 0 Å². The van der Waals surface area contributed by atoms with Crippen LogP contribution in [0.15, 0.2) is 30.6 Å². The molecule has 0 unspecified atom stereocenters. The number of nitrogens with zero attached hydrogens (tertiary/aromatic N) is 2. The van der Waals surface area contributed by atoms with Gasteiger partial charge < -0.3 is 10.1 Å². The van der Waals surface area contributed by atoms with Crippen molar-refractivity contribution in [2.24, 2.45) is 0 Å². The number of benzene rings is 1. The quantitative estimate of drug-likeness (QED) is 0.804. The third-order valence-electron chi connectivity index (χ3n) is 1.75. The third kappa shape index (κ3) is 2.43. The number of anilines is 2. The van der Waals surface area contributed by atoms with Crippen LogP contribution in [0.1, 0.15) is 0 Å². The molecule has 0 aliphatic heterocycles. The number of halogens is 1. The van der Waals surface area contributed by atoms with Gasteiger partial charge in [-0.1, -0.05) is 0 Å². The van der Waals surface area contributed by atoms with Crippen LogP contribution in [0.3, 0.4) is 0 Å². The second-order valence-corrected chi connectivity index (χ2v) is 2.74. The van der Waals surface area contributed by atoms with E-state index in [2.05, 4.69) is 25.2 Å². The van der Waals surface area contributed by atoms with Gasteiger partial charge in [-0.25, -0.2) is 9.49 Å². The number of ether oxygens (including phenoxy) is 1. The maximum atomic E-state index is 11.8. The largest absolute Gasteiger partial charge is 0.463 e. The zero-order chi connectivity index (χ0) is 10.5. The fourth-order valence-corrected chi connectivity index (χ4v) is 1.10. The molecule has 0 radical (unpaired) electrons. The standard InChI is InChI=1S/C9H9FN4O/c10-5-15-8-3-1-7(2-4-8)13-9-11-6-12-14-9/h1-4,6H,5H2,(H2,11,12,13,14). The first-order chi connectivity index (χ1) is 7.38. The Morgan fingerprint density at radius 1 is 1.33 bits per heavy atom. The van der Waals surface area contributed by atoms with E-state index in [1.54, 1.807) is 24.3 Å². The number of alkyl halides is 1. The second kappa shape index (κ2) is 4.41. The Morgan fingerprint density at radius 2 is 2.13 bits per heavy atom. The smallest absolute Gasteiger partial charge is 0.228 e. The zero-order valence-corrected chi connectivity index (χ0v) is 7.77. The third-order valence-corrected chi connectivity index (χ3v) is 1.75. The highest BCUT2D eigenvalue weighted by molar-refractivity contribution is 5.53. The topological polar surface area (TPSA) is 62.8 Å². The molecule has 1 heterocycles. The van der Waals surface area contributed by atoms with E-state index >= 15 is 0 Å². The van der Waals surface area contributed by atoms with Crippen LogP contribution in [-0.2, 0) is 0 Å². The van der Waals surface area contributed by atoms with Crippen molar-refractivity contribution in [1.29, 1.82) is 0 Å². The molecule has 78 valence electrons. The molecule has 6 heteroatoms. The molecule has 0 amide bonds. The summed E-state index contributed by atoms with van der Waals surface area (Å²) in [6.45, 7) is -0.825. The molecule has 0 atom stereocenters. The van der Waals surface area contributed by atoms with Crippen LogP contribution in [0.25, 0.3) is 0 Å². The van der Waals surface area contributed by atoms with Crippen LogP contribution in [0.4, 0.5) is 16.0 Å². The Kier molecular flexibility index (Phi) is 2.77. The minimum absolute atomic E-state index is 0.487. The van der Waals surface area contributed by atoms with E-state index in [0.29, 0.717) is 11.7 Å². The molecule has 1 aromatic carbocycles. The van der Waals surface area contributed by atoms with Crippen molar-refractivity contribution in [2.45, 2.75) is 0 Å². The molecule has 0 aliphatic carbocycles. The molecule has 0 fully saturated rings. The van der Waals surface area contributed by atoms with Gasteiger partial charge in [-0.15, -0.1) is 0 Å². The predicted molar refractivity (Wildman–Crippen MR) is 52.7 cm³/mol. The SMILES string of the molecule is FCOc1ccc(Nc2ncn[nH]2)cc1. The van der Waals surface area contributed by atoms with E-state index in [-0.39, 0.29) is 0 Å². The molecule has 0 bridgehead atoms. The lowest BCUT2D eigenvalue weighted by Crippen LogP contribution is -1.93. The van der Waals surface area contributed by atoms with Gasteiger partial charge >= 0.3 is 0 Å². The van der Waals surface area contributed by atoms with E-state index in [4.69, 9.17) is 0 Å². The zero-order valence-electron chi connectivity index (χ0n) is 7.77. The minimum Gasteiger partial charge on any atom is -0.463 e. The number of H-pyrrole nitrogens is 1. The molecule has 0 saturated heterocycles. The second-order valence-electron chi connectivity index (χ2n) is 2.74. The number of hydrogen-bond donors (Lipinski definition) is 2. The van der Waals surface area contributed by atoms with Gasteiger partial charge in [-0.05, 0) is 24.3 Å². The Balaban J connectivity index is 2.04. The Morgan fingerprint density at radius 3 is 2.73 bits per heavy atom. The summed E-state index contributed by atoms with van der Waals surface area (Å²) in [7, 11) is 0. The Labute approximate surface area is 85.3 Å². The molecule has 2 rings (SSSR count). The van der Waals surface area contributed by atoms with Gasteiger partial charge in [0.05, 0.1) is 0 Å². The van der Waals surface area contributed by atoms with Crippen LogP contribution in [-0.4, -0.2) is 22.0 Å². The molecule has 15 heavy (non-hydrogen) atoms. The summed E-state index contributed by atoms with van der Waals surface area (Å²) < 4.78 is 16.5. The number of nitrogens with one attached hydrogen (secondary N) is 2. The minimum atomic E-state index is -0.825. The fraction of sp³-hybridized carbons (Fsp3) is 0.111. The van der Waals surface area contributed by atoms with Gasteiger partial charge in [0.15, 0.2) is 0 Å². The van der Waals surface area contributed by atoms with Gasteiger partial charge in [-0.2, -0.15) is 10.1 Å². The molecule has 0 saturated carbocycles. The van der Waals surface area contributed by atoms with Crippen molar-refractivity contribution in [2.75, 3.05) is 12.2 Å². The van der Waals surface area contributed by atoms with Gasteiger partial charge in [0, 0.05) is 5.69 Å². The first-order valence-electron chi connectivity index (χ1n) is 4.30. The summed E-state index contributed by atoms with van der Waals surface area (Å²) in [5, 5.41) is 9.33. The average Bonchev–Trinajstić information content (AvgIpc) is 2.74. The number of rotatable bonds is 4. The molecule has 2 aromatic rings. The van der Waals surface area contributed by atoms with E-state index in [9.17, 15) is 4.39 Å². The van der Waals surface area contributed by atoms with Gasteiger partial charge in [0.25, 0.3) is 0 Å². The van der Waals surface area contributed by atoms with E-state index in [0.717, 1.165) is 5.69 Å². The molecule has 5 nitrogen and oxygen atoms in total. The van der Waals surface area contributed by atoms with Crippen molar-refractivity contribution < 1.29 is 9.13 Å². The summed E-state index contributed by atoms with van der Waals surface area (Å²) in [6, 6.07) is 6.84. The normalized spacial score (nSPS) is 9.93. The molecule has 0 aliphatic rings. The fourth-order valence-electron chi connectivity index (χ4n) is 1.10. The lowest BCUT2D eigenvalue weighted by atomic mass is 10.3. The monoisotopic (exact) mass is 208 g/mol. The first kappa shape index (κ1) is 9.45. The van der Waals surface area contributed by atoms with Crippen LogP contribution in [0.2, 0.25) is 0 Å². The molecular weight excluding hydrogens is 199 g/mol. The van der Waals surface area contributed by atoms with Crippen LogP contribution in [0.5, 0.6) is 5.75 Å². The highest BCUT2D eigenvalue weighted by Gasteiger charge is 1.97. The highest BCUT2D eigenvalue weighted by atomic mass is 19.1. The first-order valence-corrected chi connectivity index (χ1v) is 4.30. The van der Waals surface area contributed by atoms with Crippen molar-refractivity contribution in [3.05, 3.63) is 30.6 Å². The Hall–Kier alpha value is -2.11. The number of aromatic amines is 1. The van der Waals surface area contributed by atoms with Gasteiger partial charge in [-0.3, -0.25) is 0 Å². The van der Waals surface area contributed by atoms with Gasteiger partial charge in [0.1, 0.15) is 12.1 Å².